The molecule has 86 valence electrons. The number of para-hydroxylation sites is 1. The zero-order valence-electron chi connectivity index (χ0n) is 9.16. The molecule has 2 aromatic rings. The SMILES string of the molecule is N#Cc1nn(-c2ccccc2)c(=O)c(C#N)c1N. The molecule has 0 amide bonds. The summed E-state index contributed by atoms with van der Waals surface area (Å²) in [5.41, 5.74) is 4.76. The summed E-state index contributed by atoms with van der Waals surface area (Å²) in [5, 5.41) is 21.6. The molecule has 1 aromatic carbocycles. The molecule has 0 aliphatic rings. The van der Waals surface area contributed by atoms with E-state index in [9.17, 15) is 4.79 Å². The molecule has 0 aliphatic carbocycles. The minimum absolute atomic E-state index is 0.144. The average Bonchev–Trinajstić information content (AvgIpc) is 2.41. The molecule has 6 nitrogen and oxygen atoms in total. The van der Waals surface area contributed by atoms with Crippen molar-refractivity contribution >= 4 is 5.69 Å². The molecule has 1 aromatic heterocycles. The molecule has 2 N–H and O–H groups in total. The van der Waals surface area contributed by atoms with Crippen molar-refractivity contribution in [2.24, 2.45) is 0 Å². The van der Waals surface area contributed by atoms with Crippen molar-refractivity contribution in [3.63, 3.8) is 0 Å². The minimum atomic E-state index is -0.639. The maximum absolute atomic E-state index is 12.0. The fraction of sp³-hybridized carbons (Fsp3) is 0. The van der Waals surface area contributed by atoms with Gasteiger partial charge in [0.2, 0.25) is 0 Å². The smallest absolute Gasteiger partial charge is 0.291 e. The molecule has 0 unspecified atom stereocenters. The summed E-state index contributed by atoms with van der Waals surface area (Å²) in [4.78, 5) is 12.0. The van der Waals surface area contributed by atoms with E-state index in [1.807, 2.05) is 0 Å². The van der Waals surface area contributed by atoms with E-state index in [1.54, 1.807) is 42.5 Å². The first-order chi connectivity index (χ1) is 8.69. The molecular weight excluding hydrogens is 230 g/mol. The van der Waals surface area contributed by atoms with Gasteiger partial charge >= 0.3 is 0 Å². The number of nitrogen functional groups attached to an aromatic ring is 1. The first kappa shape index (κ1) is 11.4. The number of rotatable bonds is 1. The lowest BCUT2D eigenvalue weighted by Gasteiger charge is -2.06. The van der Waals surface area contributed by atoms with E-state index < -0.39 is 5.56 Å². The van der Waals surface area contributed by atoms with E-state index in [1.165, 1.54) is 0 Å². The zero-order valence-corrected chi connectivity index (χ0v) is 9.16. The minimum Gasteiger partial charge on any atom is -0.395 e. The Hall–Kier alpha value is -3.12. The topological polar surface area (TPSA) is 108 Å². The summed E-state index contributed by atoms with van der Waals surface area (Å²) in [6.07, 6.45) is 0. The van der Waals surface area contributed by atoms with Gasteiger partial charge in [-0.2, -0.15) is 20.3 Å². The second-order valence-corrected chi connectivity index (χ2v) is 3.41. The molecular formula is C12H7N5O. The molecule has 6 heteroatoms. The van der Waals surface area contributed by atoms with Crippen LogP contribution in [0.1, 0.15) is 11.3 Å². The van der Waals surface area contributed by atoms with Gasteiger partial charge in [-0.05, 0) is 12.1 Å². The van der Waals surface area contributed by atoms with Gasteiger partial charge < -0.3 is 5.73 Å². The number of hydrogen-bond acceptors (Lipinski definition) is 5. The quantitative estimate of drug-likeness (QED) is 0.779. The van der Waals surface area contributed by atoms with Crippen molar-refractivity contribution in [3.8, 4) is 17.8 Å². The van der Waals surface area contributed by atoms with Gasteiger partial charge in [-0.15, -0.1) is 0 Å². The van der Waals surface area contributed by atoms with Gasteiger partial charge in [0.15, 0.2) is 5.69 Å². The number of aromatic nitrogens is 2. The Morgan fingerprint density at radius 1 is 1.17 bits per heavy atom. The number of hydrogen-bond donors (Lipinski definition) is 1. The Kier molecular flexibility index (Phi) is 2.78. The lowest BCUT2D eigenvalue weighted by molar-refractivity contribution is 0.796. The van der Waals surface area contributed by atoms with Crippen LogP contribution in [-0.2, 0) is 0 Å². The van der Waals surface area contributed by atoms with Crippen molar-refractivity contribution < 1.29 is 0 Å². The van der Waals surface area contributed by atoms with Crippen molar-refractivity contribution in [1.82, 2.24) is 9.78 Å². The predicted octanol–water partition coefficient (Wildman–Crippen LogP) is 0.558. The van der Waals surface area contributed by atoms with Crippen LogP contribution >= 0.6 is 0 Å². The van der Waals surface area contributed by atoms with Crippen LogP contribution in [-0.4, -0.2) is 9.78 Å². The molecule has 0 radical (unpaired) electrons. The van der Waals surface area contributed by atoms with Crippen LogP contribution in [0.2, 0.25) is 0 Å². The fourth-order valence-corrected chi connectivity index (χ4v) is 1.47. The third-order valence-corrected chi connectivity index (χ3v) is 2.35. The summed E-state index contributed by atoms with van der Waals surface area (Å²) in [5.74, 6) is 0. The van der Waals surface area contributed by atoms with Crippen LogP contribution in [0.5, 0.6) is 0 Å². The normalized spacial score (nSPS) is 9.44. The van der Waals surface area contributed by atoms with E-state index in [4.69, 9.17) is 16.3 Å². The highest BCUT2D eigenvalue weighted by Crippen LogP contribution is 2.11. The van der Waals surface area contributed by atoms with E-state index in [-0.39, 0.29) is 16.9 Å². The molecule has 18 heavy (non-hydrogen) atoms. The zero-order chi connectivity index (χ0) is 13.1. The van der Waals surface area contributed by atoms with E-state index in [0.29, 0.717) is 5.69 Å². The Morgan fingerprint density at radius 2 is 1.83 bits per heavy atom. The van der Waals surface area contributed by atoms with Gasteiger partial charge in [0.25, 0.3) is 5.56 Å². The highest BCUT2D eigenvalue weighted by Gasteiger charge is 2.15. The number of anilines is 1. The number of nitrogens with two attached hydrogens (primary N) is 1. The second-order valence-electron chi connectivity index (χ2n) is 3.41. The van der Waals surface area contributed by atoms with Crippen LogP contribution in [0.3, 0.4) is 0 Å². The lowest BCUT2D eigenvalue weighted by atomic mass is 10.2. The Labute approximate surface area is 102 Å². The van der Waals surface area contributed by atoms with Crippen molar-refractivity contribution in [1.29, 1.82) is 10.5 Å². The average molecular weight is 237 g/mol. The van der Waals surface area contributed by atoms with E-state index in [0.717, 1.165) is 4.68 Å². The molecule has 0 saturated carbocycles. The maximum Gasteiger partial charge on any atom is 0.291 e. The lowest BCUT2D eigenvalue weighted by Crippen LogP contribution is -2.26. The van der Waals surface area contributed by atoms with Gasteiger partial charge in [-0.3, -0.25) is 4.79 Å². The van der Waals surface area contributed by atoms with Gasteiger partial charge in [-0.25, -0.2) is 0 Å². The fourth-order valence-electron chi connectivity index (χ4n) is 1.47. The largest absolute Gasteiger partial charge is 0.395 e. The van der Waals surface area contributed by atoms with Crippen LogP contribution in [0, 0.1) is 22.7 Å². The molecule has 0 aliphatic heterocycles. The van der Waals surface area contributed by atoms with Crippen molar-refractivity contribution in [3.05, 3.63) is 51.9 Å². The molecule has 0 saturated heterocycles. The summed E-state index contributed by atoms with van der Waals surface area (Å²) >= 11 is 0. The number of nitrogens with zero attached hydrogens (tertiary/aromatic N) is 4. The van der Waals surface area contributed by atoms with Crippen LogP contribution in [0.4, 0.5) is 5.69 Å². The summed E-state index contributed by atoms with van der Waals surface area (Å²) in [6, 6.07) is 12.0. The summed E-state index contributed by atoms with van der Waals surface area (Å²) < 4.78 is 0.994. The third-order valence-electron chi connectivity index (χ3n) is 2.35. The molecule has 0 spiro atoms. The summed E-state index contributed by atoms with van der Waals surface area (Å²) in [7, 11) is 0. The maximum atomic E-state index is 12.0. The van der Waals surface area contributed by atoms with E-state index >= 15 is 0 Å². The third kappa shape index (κ3) is 1.68. The first-order valence-corrected chi connectivity index (χ1v) is 4.97. The standard InChI is InChI=1S/C12H7N5O/c13-6-9-11(15)10(7-14)16-17(12(9)18)8-4-2-1-3-5-8/h1-5H,15H2. The summed E-state index contributed by atoms with van der Waals surface area (Å²) in [6.45, 7) is 0. The van der Waals surface area contributed by atoms with Gasteiger partial charge in [0.05, 0.1) is 11.4 Å². The molecule has 2 rings (SSSR count). The van der Waals surface area contributed by atoms with Gasteiger partial charge in [-0.1, -0.05) is 18.2 Å². The molecule has 0 atom stereocenters. The number of benzene rings is 1. The number of nitriles is 2. The molecule has 0 bridgehead atoms. The second kappa shape index (κ2) is 4.40. The van der Waals surface area contributed by atoms with Gasteiger partial charge in [0.1, 0.15) is 17.7 Å². The highest BCUT2D eigenvalue weighted by molar-refractivity contribution is 5.60. The van der Waals surface area contributed by atoms with Crippen LogP contribution in [0.15, 0.2) is 35.1 Å². The molecule has 1 heterocycles. The van der Waals surface area contributed by atoms with Crippen molar-refractivity contribution in [2.45, 2.75) is 0 Å². The van der Waals surface area contributed by atoms with Crippen molar-refractivity contribution in [2.75, 3.05) is 5.73 Å². The first-order valence-electron chi connectivity index (χ1n) is 4.97. The van der Waals surface area contributed by atoms with Crippen LogP contribution < -0.4 is 11.3 Å². The monoisotopic (exact) mass is 237 g/mol. The Bertz CT molecular complexity index is 734. The Balaban J connectivity index is 2.84. The predicted molar refractivity (Wildman–Crippen MR) is 63.7 cm³/mol. The van der Waals surface area contributed by atoms with Gasteiger partial charge in [0, 0.05) is 0 Å². The Morgan fingerprint density at radius 3 is 2.39 bits per heavy atom. The van der Waals surface area contributed by atoms with E-state index in [2.05, 4.69) is 5.10 Å². The van der Waals surface area contributed by atoms with Crippen LogP contribution in [0.25, 0.3) is 5.69 Å². The highest BCUT2D eigenvalue weighted by atomic mass is 16.1. The molecule has 0 fully saturated rings.